The summed E-state index contributed by atoms with van der Waals surface area (Å²) in [5.41, 5.74) is 6.06. The van der Waals surface area contributed by atoms with E-state index in [0.717, 1.165) is 17.3 Å². The highest BCUT2D eigenvalue weighted by molar-refractivity contribution is 9.10. The summed E-state index contributed by atoms with van der Waals surface area (Å²) >= 11 is 3.45. The number of methoxy groups -OCH3 is 1. The first kappa shape index (κ1) is 16.3. The van der Waals surface area contributed by atoms with Crippen LogP contribution in [0.4, 0.5) is 0 Å². The standard InChI is InChI=1S/C17H20BrNO5/c1-21-15(20)17(19)11-8-10(18)2-3-13(11)24-14-4-5-16(9-12(14)17)22-6-7-23-16/h2-3,8,12,14H,4-7,9,19H2,1H3. The molecular formula is C17H20BrNO5. The molecule has 1 saturated heterocycles. The maximum Gasteiger partial charge on any atom is 0.331 e. The molecule has 0 aromatic heterocycles. The highest BCUT2D eigenvalue weighted by Gasteiger charge is 2.59. The number of ether oxygens (including phenoxy) is 4. The van der Waals surface area contributed by atoms with E-state index in [4.69, 9.17) is 24.7 Å². The summed E-state index contributed by atoms with van der Waals surface area (Å²) < 4.78 is 23.8. The van der Waals surface area contributed by atoms with Crippen molar-refractivity contribution in [3.8, 4) is 5.75 Å². The number of fused-ring (bicyclic) bond motifs is 2. The first-order chi connectivity index (χ1) is 11.5. The summed E-state index contributed by atoms with van der Waals surface area (Å²) in [6.45, 7) is 1.13. The molecule has 2 fully saturated rings. The molecule has 2 N–H and O–H groups in total. The zero-order valence-electron chi connectivity index (χ0n) is 13.4. The van der Waals surface area contributed by atoms with Gasteiger partial charge in [-0.25, -0.2) is 4.79 Å². The lowest BCUT2D eigenvalue weighted by Crippen LogP contribution is -2.62. The van der Waals surface area contributed by atoms with Crippen molar-refractivity contribution in [3.63, 3.8) is 0 Å². The van der Waals surface area contributed by atoms with Crippen LogP contribution in [-0.2, 0) is 24.5 Å². The van der Waals surface area contributed by atoms with E-state index in [9.17, 15) is 4.79 Å². The Morgan fingerprint density at radius 3 is 2.83 bits per heavy atom. The van der Waals surface area contributed by atoms with Gasteiger partial charge in [-0.2, -0.15) is 0 Å². The van der Waals surface area contributed by atoms with Gasteiger partial charge in [-0.15, -0.1) is 0 Å². The molecule has 24 heavy (non-hydrogen) atoms. The van der Waals surface area contributed by atoms with E-state index in [1.54, 1.807) is 0 Å². The van der Waals surface area contributed by atoms with Crippen LogP contribution in [0.15, 0.2) is 22.7 Å². The maximum absolute atomic E-state index is 12.7. The lowest BCUT2D eigenvalue weighted by atomic mass is 9.66. The maximum atomic E-state index is 12.7. The first-order valence-electron chi connectivity index (χ1n) is 8.10. The SMILES string of the molecule is COC(=O)C1(N)c2cc(Br)ccc2OC2CCC3(CC21)OCCO3. The third-order valence-electron chi connectivity index (χ3n) is 5.38. The van der Waals surface area contributed by atoms with Crippen LogP contribution in [0.1, 0.15) is 24.8 Å². The average Bonchev–Trinajstić information content (AvgIpc) is 3.04. The van der Waals surface area contributed by atoms with Gasteiger partial charge in [0, 0.05) is 28.8 Å². The molecule has 3 atom stereocenters. The second-order valence-corrected chi connectivity index (χ2v) is 7.53. The number of hydrogen-bond acceptors (Lipinski definition) is 6. The number of nitrogens with two attached hydrogens (primary N) is 1. The molecule has 4 rings (SSSR count). The quantitative estimate of drug-likeness (QED) is 0.730. The molecule has 1 aromatic rings. The first-order valence-corrected chi connectivity index (χ1v) is 8.90. The van der Waals surface area contributed by atoms with Gasteiger partial charge in [0.15, 0.2) is 11.3 Å². The van der Waals surface area contributed by atoms with E-state index in [0.29, 0.717) is 30.9 Å². The van der Waals surface area contributed by atoms with Crippen LogP contribution in [-0.4, -0.2) is 38.2 Å². The highest BCUT2D eigenvalue weighted by atomic mass is 79.9. The molecular weight excluding hydrogens is 378 g/mol. The van der Waals surface area contributed by atoms with Gasteiger partial charge in [0.2, 0.25) is 0 Å². The van der Waals surface area contributed by atoms with E-state index in [2.05, 4.69) is 15.9 Å². The monoisotopic (exact) mass is 397 g/mol. The van der Waals surface area contributed by atoms with Crippen molar-refractivity contribution in [2.24, 2.45) is 11.7 Å². The Hall–Kier alpha value is -1.15. The fraction of sp³-hybridized carbons (Fsp3) is 0.588. The Kier molecular flexibility index (Phi) is 3.87. The van der Waals surface area contributed by atoms with E-state index < -0.39 is 17.3 Å². The predicted molar refractivity (Wildman–Crippen MR) is 88.4 cm³/mol. The topological polar surface area (TPSA) is 80.0 Å². The molecule has 6 nitrogen and oxygen atoms in total. The molecule has 2 heterocycles. The minimum Gasteiger partial charge on any atom is -0.490 e. The van der Waals surface area contributed by atoms with Gasteiger partial charge in [0.05, 0.1) is 20.3 Å². The van der Waals surface area contributed by atoms with Crippen molar-refractivity contribution in [3.05, 3.63) is 28.2 Å². The normalized spacial score (nSPS) is 33.5. The fourth-order valence-electron chi connectivity index (χ4n) is 4.21. The minimum absolute atomic E-state index is 0.166. The van der Waals surface area contributed by atoms with Crippen LogP contribution >= 0.6 is 15.9 Å². The number of rotatable bonds is 1. The number of benzene rings is 1. The Bertz CT molecular complexity index is 675. The van der Waals surface area contributed by atoms with Crippen molar-refractivity contribution < 1.29 is 23.7 Å². The van der Waals surface area contributed by atoms with Crippen molar-refractivity contribution in [1.29, 1.82) is 0 Å². The molecule has 1 aliphatic carbocycles. The Balaban J connectivity index is 1.81. The van der Waals surface area contributed by atoms with Crippen LogP contribution in [0, 0.1) is 5.92 Å². The van der Waals surface area contributed by atoms with Gasteiger partial charge in [-0.3, -0.25) is 0 Å². The largest absolute Gasteiger partial charge is 0.490 e. The summed E-state index contributed by atoms with van der Waals surface area (Å²) in [5, 5.41) is 0. The molecule has 2 aliphatic heterocycles. The lowest BCUT2D eigenvalue weighted by molar-refractivity contribution is -0.212. The smallest absolute Gasteiger partial charge is 0.331 e. The summed E-state index contributed by atoms with van der Waals surface area (Å²) in [7, 11) is 1.36. The summed E-state index contributed by atoms with van der Waals surface area (Å²) in [5.74, 6) is -0.766. The number of carbonyl (C=O) groups excluding carboxylic acids is 1. The van der Waals surface area contributed by atoms with Gasteiger partial charge in [-0.05, 0) is 24.6 Å². The van der Waals surface area contributed by atoms with Gasteiger partial charge in [-0.1, -0.05) is 15.9 Å². The zero-order chi connectivity index (χ0) is 16.9. The van der Waals surface area contributed by atoms with E-state index >= 15 is 0 Å². The zero-order valence-corrected chi connectivity index (χ0v) is 15.0. The highest BCUT2D eigenvalue weighted by Crippen LogP contribution is 2.52. The van der Waals surface area contributed by atoms with Gasteiger partial charge in [0.1, 0.15) is 11.9 Å². The van der Waals surface area contributed by atoms with Crippen LogP contribution in [0.5, 0.6) is 5.75 Å². The molecule has 7 heteroatoms. The molecule has 0 bridgehead atoms. The average molecular weight is 398 g/mol. The van der Waals surface area contributed by atoms with E-state index in [1.165, 1.54) is 7.11 Å². The molecule has 0 amide bonds. The van der Waals surface area contributed by atoms with Crippen LogP contribution in [0.2, 0.25) is 0 Å². The summed E-state index contributed by atoms with van der Waals surface area (Å²) in [6.07, 6.45) is 1.80. The third kappa shape index (κ3) is 2.29. The second-order valence-electron chi connectivity index (χ2n) is 6.61. The minimum atomic E-state index is -1.29. The predicted octanol–water partition coefficient (Wildman–Crippen LogP) is 2.08. The van der Waals surface area contributed by atoms with Crippen LogP contribution in [0.3, 0.4) is 0 Å². The summed E-state index contributed by atoms with van der Waals surface area (Å²) in [4.78, 5) is 12.7. The lowest BCUT2D eigenvalue weighted by Gasteiger charge is -2.50. The third-order valence-corrected chi connectivity index (χ3v) is 5.87. The molecule has 1 spiro atoms. The Morgan fingerprint density at radius 2 is 2.12 bits per heavy atom. The Morgan fingerprint density at radius 1 is 1.38 bits per heavy atom. The van der Waals surface area contributed by atoms with Crippen LogP contribution in [0.25, 0.3) is 0 Å². The number of hydrogen-bond donors (Lipinski definition) is 1. The number of carbonyl (C=O) groups is 1. The van der Waals surface area contributed by atoms with E-state index in [-0.39, 0.29) is 12.0 Å². The number of halogens is 1. The second kappa shape index (κ2) is 5.69. The van der Waals surface area contributed by atoms with Crippen molar-refractivity contribution >= 4 is 21.9 Å². The molecule has 130 valence electrons. The van der Waals surface area contributed by atoms with Crippen molar-refractivity contribution in [2.75, 3.05) is 20.3 Å². The van der Waals surface area contributed by atoms with E-state index in [1.807, 2.05) is 18.2 Å². The Labute approximate surface area is 148 Å². The fourth-order valence-corrected chi connectivity index (χ4v) is 4.57. The van der Waals surface area contributed by atoms with Gasteiger partial charge in [0.25, 0.3) is 0 Å². The summed E-state index contributed by atoms with van der Waals surface area (Å²) in [6, 6.07) is 5.55. The molecule has 0 radical (unpaired) electrons. The molecule has 3 unspecified atom stereocenters. The van der Waals surface area contributed by atoms with Gasteiger partial charge >= 0.3 is 5.97 Å². The molecule has 1 saturated carbocycles. The number of esters is 1. The van der Waals surface area contributed by atoms with Crippen LogP contribution < -0.4 is 10.5 Å². The van der Waals surface area contributed by atoms with Gasteiger partial charge < -0.3 is 24.7 Å². The van der Waals surface area contributed by atoms with Crippen molar-refractivity contribution in [1.82, 2.24) is 0 Å². The van der Waals surface area contributed by atoms with Crippen molar-refractivity contribution in [2.45, 2.75) is 36.7 Å². The molecule has 3 aliphatic rings. The molecule has 1 aromatic carbocycles.